The van der Waals surface area contributed by atoms with Crippen LogP contribution in [0, 0.1) is 0 Å². The second-order valence-corrected chi connectivity index (χ2v) is 23.2. The number of rotatable bonds is 63. The Balaban J connectivity index is 3.42. The summed E-state index contributed by atoms with van der Waals surface area (Å²) in [6, 6.07) is -0.630. The maximum atomic E-state index is 12.5. The molecule has 2 atom stereocenters. The van der Waals surface area contributed by atoms with Gasteiger partial charge < -0.3 is 20.3 Å². The maximum absolute atomic E-state index is 12.5. The van der Waals surface area contributed by atoms with Gasteiger partial charge in [-0.15, -0.1) is 0 Å². The average molecular weight is 1040 g/mol. The molecule has 6 nitrogen and oxygen atoms in total. The lowest BCUT2D eigenvalue weighted by Crippen LogP contribution is -2.45. The number of nitrogens with one attached hydrogen (secondary N) is 1. The number of aliphatic hydroxyl groups excluding tert-OH is 2. The molecular weight excluding hydrogens is 911 g/mol. The topological polar surface area (TPSA) is 95.9 Å². The van der Waals surface area contributed by atoms with Crippen LogP contribution in [0.2, 0.25) is 0 Å². The second kappa shape index (κ2) is 63.9. The number of allylic oxidation sites excluding steroid dienone is 3. The number of unbranched alkanes of at least 4 members (excludes halogenated alkanes) is 50. The van der Waals surface area contributed by atoms with Gasteiger partial charge in [-0.2, -0.15) is 0 Å². The third-order valence-corrected chi connectivity index (χ3v) is 15.7. The summed E-state index contributed by atoms with van der Waals surface area (Å²) in [7, 11) is 0. The summed E-state index contributed by atoms with van der Waals surface area (Å²) in [4.78, 5) is 24.5. The van der Waals surface area contributed by atoms with Crippen molar-refractivity contribution in [3.63, 3.8) is 0 Å². The van der Waals surface area contributed by atoms with E-state index in [-0.39, 0.29) is 18.5 Å². The molecule has 0 radical (unpaired) electrons. The molecule has 0 bridgehead atoms. The lowest BCUT2D eigenvalue weighted by molar-refractivity contribution is -0.143. The van der Waals surface area contributed by atoms with Gasteiger partial charge >= 0.3 is 5.97 Å². The van der Waals surface area contributed by atoms with Gasteiger partial charge in [-0.25, -0.2) is 0 Å². The van der Waals surface area contributed by atoms with Crippen LogP contribution < -0.4 is 5.32 Å². The summed E-state index contributed by atoms with van der Waals surface area (Å²) in [6.45, 7) is 4.93. The predicted octanol–water partition coefficient (Wildman–Crippen LogP) is 21.4. The predicted molar refractivity (Wildman–Crippen MR) is 324 cm³/mol. The lowest BCUT2D eigenvalue weighted by Gasteiger charge is -2.20. The van der Waals surface area contributed by atoms with E-state index in [4.69, 9.17) is 4.74 Å². The monoisotopic (exact) mass is 1040 g/mol. The molecule has 6 heteroatoms. The molecule has 0 aromatic rings. The Morgan fingerprint density at radius 3 is 0.959 bits per heavy atom. The molecule has 0 saturated heterocycles. The molecule has 1 amide bonds. The van der Waals surface area contributed by atoms with Crippen molar-refractivity contribution >= 4 is 11.9 Å². The highest BCUT2D eigenvalue weighted by molar-refractivity contribution is 5.76. The molecular formula is C68H131NO5. The van der Waals surface area contributed by atoms with E-state index >= 15 is 0 Å². The highest BCUT2D eigenvalue weighted by atomic mass is 16.5. The van der Waals surface area contributed by atoms with Crippen molar-refractivity contribution < 1.29 is 24.5 Å². The molecule has 2 unspecified atom stereocenters. The van der Waals surface area contributed by atoms with Crippen molar-refractivity contribution in [2.24, 2.45) is 0 Å². The Labute approximate surface area is 462 Å². The van der Waals surface area contributed by atoms with Gasteiger partial charge in [0.25, 0.3) is 0 Å². The largest absolute Gasteiger partial charge is 0.466 e. The third-order valence-electron chi connectivity index (χ3n) is 15.7. The third kappa shape index (κ3) is 59.6. The van der Waals surface area contributed by atoms with E-state index < -0.39 is 12.1 Å². The molecule has 438 valence electrons. The van der Waals surface area contributed by atoms with Crippen LogP contribution in [0.3, 0.4) is 0 Å². The van der Waals surface area contributed by atoms with Crippen LogP contribution in [-0.2, 0) is 14.3 Å². The summed E-state index contributed by atoms with van der Waals surface area (Å²) >= 11 is 0. The standard InChI is InChI=1S/C68H131NO5/c1-3-5-7-9-11-13-15-17-18-19-27-30-33-37-40-44-48-52-56-60-66(71)65(64-70)69-67(72)61-57-53-49-45-41-38-34-31-28-25-23-21-20-22-24-26-29-32-35-39-43-47-51-55-59-63-74-68(73)62-58-54-50-46-42-36-16-14-12-10-8-6-4-2/h21,23,56,60,65-66,70-71H,3-20,22,24-55,57-59,61-64H2,1-2H3,(H,69,72)/b23-21-,60-56+. The number of carbonyl (C=O) groups excluding carboxylic acids is 2. The van der Waals surface area contributed by atoms with Crippen molar-refractivity contribution in [1.29, 1.82) is 0 Å². The first-order valence-electron chi connectivity index (χ1n) is 33.6. The van der Waals surface area contributed by atoms with Gasteiger partial charge in [0, 0.05) is 12.8 Å². The highest BCUT2D eigenvalue weighted by Gasteiger charge is 2.18. The van der Waals surface area contributed by atoms with E-state index in [2.05, 4.69) is 31.3 Å². The zero-order valence-electron chi connectivity index (χ0n) is 50.1. The Kier molecular flexibility index (Phi) is 62.4. The van der Waals surface area contributed by atoms with Crippen molar-refractivity contribution in [2.45, 2.75) is 386 Å². The molecule has 0 saturated carbocycles. The van der Waals surface area contributed by atoms with E-state index in [1.54, 1.807) is 6.08 Å². The number of amides is 1. The van der Waals surface area contributed by atoms with Crippen LogP contribution in [-0.4, -0.2) is 47.4 Å². The van der Waals surface area contributed by atoms with Gasteiger partial charge in [0.2, 0.25) is 5.91 Å². The summed E-state index contributed by atoms with van der Waals surface area (Å²) in [6.07, 6.45) is 79.5. The van der Waals surface area contributed by atoms with Crippen LogP contribution in [0.15, 0.2) is 24.3 Å². The van der Waals surface area contributed by atoms with Gasteiger partial charge in [0.15, 0.2) is 0 Å². The molecule has 0 aliphatic carbocycles. The van der Waals surface area contributed by atoms with E-state index in [9.17, 15) is 19.8 Å². The summed E-state index contributed by atoms with van der Waals surface area (Å²) in [5, 5.41) is 23.2. The molecule has 0 aromatic heterocycles. The molecule has 0 aromatic carbocycles. The zero-order valence-corrected chi connectivity index (χ0v) is 50.1. The summed E-state index contributed by atoms with van der Waals surface area (Å²) in [5.41, 5.74) is 0. The first-order chi connectivity index (χ1) is 36.5. The fraction of sp³-hybridized carbons (Fsp3) is 0.912. The van der Waals surface area contributed by atoms with Gasteiger partial charge in [-0.1, -0.05) is 327 Å². The van der Waals surface area contributed by atoms with Crippen LogP contribution >= 0.6 is 0 Å². The second-order valence-electron chi connectivity index (χ2n) is 23.2. The number of hydrogen-bond acceptors (Lipinski definition) is 5. The van der Waals surface area contributed by atoms with Gasteiger partial charge in [0.1, 0.15) is 0 Å². The zero-order chi connectivity index (χ0) is 53.6. The molecule has 0 spiro atoms. The number of ether oxygens (including phenoxy) is 1. The van der Waals surface area contributed by atoms with E-state index in [0.29, 0.717) is 19.4 Å². The van der Waals surface area contributed by atoms with Gasteiger partial charge in [-0.05, 0) is 57.8 Å². The minimum atomic E-state index is -0.847. The molecule has 3 N–H and O–H groups in total. The normalized spacial score (nSPS) is 12.6. The minimum Gasteiger partial charge on any atom is -0.466 e. The van der Waals surface area contributed by atoms with Gasteiger partial charge in [0.05, 0.1) is 25.4 Å². The van der Waals surface area contributed by atoms with Crippen LogP contribution in [0.1, 0.15) is 373 Å². The molecule has 74 heavy (non-hydrogen) atoms. The first kappa shape index (κ1) is 72.3. The van der Waals surface area contributed by atoms with Crippen molar-refractivity contribution in [1.82, 2.24) is 5.32 Å². The van der Waals surface area contributed by atoms with Gasteiger partial charge in [-0.3, -0.25) is 9.59 Å². The minimum absolute atomic E-state index is 0.0151. The number of carbonyl (C=O) groups is 2. The van der Waals surface area contributed by atoms with Crippen molar-refractivity contribution in [3.05, 3.63) is 24.3 Å². The fourth-order valence-corrected chi connectivity index (χ4v) is 10.6. The lowest BCUT2D eigenvalue weighted by atomic mass is 10.0. The molecule has 0 rings (SSSR count). The molecule has 0 aliphatic heterocycles. The Hall–Kier alpha value is -1.66. The Morgan fingerprint density at radius 1 is 0.365 bits per heavy atom. The fourth-order valence-electron chi connectivity index (χ4n) is 10.6. The van der Waals surface area contributed by atoms with E-state index in [1.807, 2.05) is 6.08 Å². The number of esters is 1. The van der Waals surface area contributed by atoms with Crippen LogP contribution in [0.4, 0.5) is 0 Å². The summed E-state index contributed by atoms with van der Waals surface area (Å²) in [5.74, 6) is -0.0526. The number of hydrogen-bond donors (Lipinski definition) is 3. The Morgan fingerprint density at radius 2 is 0.635 bits per heavy atom. The smallest absolute Gasteiger partial charge is 0.305 e. The first-order valence-corrected chi connectivity index (χ1v) is 33.6. The maximum Gasteiger partial charge on any atom is 0.305 e. The summed E-state index contributed by atoms with van der Waals surface area (Å²) < 4.78 is 5.48. The molecule has 0 heterocycles. The average Bonchev–Trinajstić information content (AvgIpc) is 3.40. The quantitative estimate of drug-likeness (QED) is 0.0320. The Bertz CT molecular complexity index is 1150. The SMILES string of the molecule is CCCCCCCCCCCCCCCCCCC/C=C/C(O)C(CO)NC(=O)CCCCCCCCCCC/C=C\CCCCCCCCCCCCCCOC(=O)CCCCCCCCCCCCCCC. The van der Waals surface area contributed by atoms with E-state index in [0.717, 1.165) is 38.5 Å². The van der Waals surface area contributed by atoms with Crippen molar-refractivity contribution in [3.8, 4) is 0 Å². The molecule has 0 fully saturated rings. The van der Waals surface area contributed by atoms with Crippen molar-refractivity contribution in [2.75, 3.05) is 13.2 Å². The highest BCUT2D eigenvalue weighted by Crippen LogP contribution is 2.18. The van der Waals surface area contributed by atoms with E-state index in [1.165, 1.54) is 308 Å². The molecule has 0 aliphatic rings. The van der Waals surface area contributed by atoms with Crippen LogP contribution in [0.5, 0.6) is 0 Å². The van der Waals surface area contributed by atoms with Crippen LogP contribution in [0.25, 0.3) is 0 Å². The number of aliphatic hydroxyl groups is 2.